The largest absolute Gasteiger partial charge is 0.382 e. The van der Waals surface area contributed by atoms with Gasteiger partial charge in [-0.25, -0.2) is 4.98 Å². The van der Waals surface area contributed by atoms with Gasteiger partial charge in [-0.15, -0.1) is 0 Å². The summed E-state index contributed by atoms with van der Waals surface area (Å²) in [5.41, 5.74) is 9.44. The van der Waals surface area contributed by atoms with Crippen LogP contribution < -0.4 is 5.73 Å². The number of imidazole rings is 1. The Balaban J connectivity index is 2.18. The van der Waals surface area contributed by atoms with Crippen LogP contribution in [0.2, 0.25) is 0 Å². The second-order valence-electron chi connectivity index (χ2n) is 3.34. The molecule has 2 aromatic heterocycles. The maximum absolute atomic E-state index is 5.55. The second kappa shape index (κ2) is 2.84. The Morgan fingerprint density at radius 1 is 1.20 bits per heavy atom. The number of aromatic nitrogens is 4. The molecule has 1 aromatic carbocycles. The van der Waals surface area contributed by atoms with Crippen molar-refractivity contribution >= 4 is 16.9 Å². The van der Waals surface area contributed by atoms with Gasteiger partial charge in [-0.3, -0.25) is 5.10 Å². The molecule has 0 aliphatic heterocycles. The van der Waals surface area contributed by atoms with Gasteiger partial charge in [-0.05, 0) is 12.1 Å². The van der Waals surface area contributed by atoms with Crippen molar-refractivity contribution in [2.75, 3.05) is 5.73 Å². The molecule has 0 radical (unpaired) electrons. The van der Waals surface area contributed by atoms with Gasteiger partial charge in [0, 0.05) is 11.6 Å². The maximum Gasteiger partial charge on any atom is 0.145 e. The molecule has 0 aliphatic carbocycles. The average Bonchev–Trinajstić information content (AvgIpc) is 2.84. The molecule has 0 amide bonds. The second-order valence-corrected chi connectivity index (χ2v) is 3.34. The minimum Gasteiger partial charge on any atom is -0.382 e. The van der Waals surface area contributed by atoms with E-state index < -0.39 is 0 Å². The number of nitrogens with two attached hydrogens (primary N) is 1. The highest BCUT2D eigenvalue weighted by Gasteiger charge is 2.03. The molecule has 3 aromatic rings. The van der Waals surface area contributed by atoms with Crippen molar-refractivity contribution in [3.63, 3.8) is 0 Å². The van der Waals surface area contributed by atoms with Crippen LogP contribution in [0.5, 0.6) is 0 Å². The van der Waals surface area contributed by atoms with Crippen molar-refractivity contribution in [2.24, 2.45) is 0 Å². The molecular formula is C10H9N5. The fourth-order valence-corrected chi connectivity index (χ4v) is 1.59. The third-order valence-electron chi connectivity index (χ3n) is 2.33. The standard InChI is InChI=1S/C10H9N5/c11-10-4-8(14-15-10)6-1-2-7-9(3-6)13-5-12-7/h1-5H,(H,12,13)(H3,11,14,15). The smallest absolute Gasteiger partial charge is 0.145 e. The molecule has 3 rings (SSSR count). The topological polar surface area (TPSA) is 83.4 Å². The van der Waals surface area contributed by atoms with Crippen molar-refractivity contribution < 1.29 is 0 Å². The van der Waals surface area contributed by atoms with Crippen molar-refractivity contribution in [1.82, 2.24) is 20.2 Å². The summed E-state index contributed by atoms with van der Waals surface area (Å²) in [6.45, 7) is 0. The van der Waals surface area contributed by atoms with Crippen LogP contribution in [0, 0.1) is 0 Å². The molecule has 4 N–H and O–H groups in total. The molecule has 5 nitrogen and oxygen atoms in total. The monoisotopic (exact) mass is 199 g/mol. The zero-order valence-corrected chi connectivity index (χ0v) is 7.86. The van der Waals surface area contributed by atoms with Gasteiger partial charge >= 0.3 is 0 Å². The van der Waals surface area contributed by atoms with Gasteiger partial charge in [-0.2, -0.15) is 5.10 Å². The van der Waals surface area contributed by atoms with E-state index in [4.69, 9.17) is 5.73 Å². The van der Waals surface area contributed by atoms with Crippen LogP contribution >= 0.6 is 0 Å². The first-order chi connectivity index (χ1) is 7.33. The SMILES string of the molecule is Nc1cc(-c2ccc3nc[nH]c3c2)[nH]n1. The fraction of sp³-hybridized carbons (Fsp3) is 0. The molecule has 2 heterocycles. The molecular weight excluding hydrogens is 190 g/mol. The number of benzene rings is 1. The molecule has 0 aliphatic rings. The van der Waals surface area contributed by atoms with Crippen LogP contribution in [-0.2, 0) is 0 Å². The summed E-state index contributed by atoms with van der Waals surface area (Å²) >= 11 is 0. The van der Waals surface area contributed by atoms with E-state index in [2.05, 4.69) is 20.2 Å². The van der Waals surface area contributed by atoms with E-state index in [1.807, 2.05) is 18.2 Å². The number of hydrogen-bond acceptors (Lipinski definition) is 3. The molecule has 0 saturated carbocycles. The number of nitrogen functional groups attached to an aromatic ring is 1. The van der Waals surface area contributed by atoms with E-state index in [1.54, 1.807) is 12.4 Å². The van der Waals surface area contributed by atoms with E-state index >= 15 is 0 Å². The minimum absolute atomic E-state index is 0.495. The maximum atomic E-state index is 5.55. The van der Waals surface area contributed by atoms with Crippen LogP contribution in [0.25, 0.3) is 22.3 Å². The quantitative estimate of drug-likeness (QED) is 0.555. The van der Waals surface area contributed by atoms with Crippen molar-refractivity contribution in [3.8, 4) is 11.3 Å². The third-order valence-corrected chi connectivity index (χ3v) is 2.33. The molecule has 15 heavy (non-hydrogen) atoms. The Bertz CT molecular complexity index is 607. The molecule has 0 bridgehead atoms. The first kappa shape index (κ1) is 8.05. The lowest BCUT2D eigenvalue weighted by molar-refractivity contribution is 1.10. The van der Waals surface area contributed by atoms with Crippen molar-refractivity contribution in [1.29, 1.82) is 0 Å². The van der Waals surface area contributed by atoms with Gasteiger partial charge in [-0.1, -0.05) is 6.07 Å². The number of nitrogens with one attached hydrogen (secondary N) is 2. The summed E-state index contributed by atoms with van der Waals surface area (Å²) in [4.78, 5) is 7.21. The zero-order valence-electron chi connectivity index (χ0n) is 7.86. The van der Waals surface area contributed by atoms with E-state index in [0.29, 0.717) is 5.82 Å². The zero-order chi connectivity index (χ0) is 10.3. The number of rotatable bonds is 1. The third kappa shape index (κ3) is 1.25. The summed E-state index contributed by atoms with van der Waals surface area (Å²) in [6.07, 6.45) is 1.68. The average molecular weight is 199 g/mol. The molecule has 0 unspecified atom stereocenters. The van der Waals surface area contributed by atoms with Crippen LogP contribution in [0.15, 0.2) is 30.6 Å². The predicted molar refractivity (Wildman–Crippen MR) is 58.1 cm³/mol. The molecule has 5 heteroatoms. The summed E-state index contributed by atoms with van der Waals surface area (Å²) in [5.74, 6) is 0.495. The predicted octanol–water partition coefficient (Wildman–Crippen LogP) is 1.54. The summed E-state index contributed by atoms with van der Waals surface area (Å²) in [6, 6.07) is 7.75. The highest BCUT2D eigenvalue weighted by Crippen LogP contribution is 2.21. The Kier molecular flexibility index (Phi) is 1.53. The lowest BCUT2D eigenvalue weighted by Crippen LogP contribution is -1.81. The Morgan fingerprint density at radius 3 is 2.93 bits per heavy atom. The van der Waals surface area contributed by atoms with Crippen molar-refractivity contribution in [2.45, 2.75) is 0 Å². The Morgan fingerprint density at radius 2 is 2.13 bits per heavy atom. The van der Waals surface area contributed by atoms with Crippen molar-refractivity contribution in [3.05, 3.63) is 30.6 Å². The van der Waals surface area contributed by atoms with Crippen LogP contribution in [0.1, 0.15) is 0 Å². The highest BCUT2D eigenvalue weighted by atomic mass is 15.2. The lowest BCUT2D eigenvalue weighted by Gasteiger charge is -1.96. The number of fused-ring (bicyclic) bond motifs is 1. The number of hydrogen-bond donors (Lipinski definition) is 3. The first-order valence-electron chi connectivity index (χ1n) is 4.57. The van der Waals surface area contributed by atoms with E-state index in [0.717, 1.165) is 22.3 Å². The normalized spacial score (nSPS) is 10.9. The van der Waals surface area contributed by atoms with Gasteiger partial charge in [0.25, 0.3) is 0 Å². The van der Waals surface area contributed by atoms with Crippen LogP contribution in [0.3, 0.4) is 0 Å². The highest BCUT2D eigenvalue weighted by molar-refractivity contribution is 5.80. The van der Waals surface area contributed by atoms with E-state index in [1.165, 1.54) is 0 Å². The fourth-order valence-electron chi connectivity index (χ4n) is 1.59. The minimum atomic E-state index is 0.495. The number of anilines is 1. The summed E-state index contributed by atoms with van der Waals surface area (Å²) < 4.78 is 0. The van der Waals surface area contributed by atoms with Crippen LogP contribution in [0.4, 0.5) is 5.82 Å². The molecule has 0 saturated heterocycles. The first-order valence-corrected chi connectivity index (χ1v) is 4.57. The Hall–Kier alpha value is -2.30. The van der Waals surface area contributed by atoms with Gasteiger partial charge < -0.3 is 10.7 Å². The van der Waals surface area contributed by atoms with E-state index in [9.17, 15) is 0 Å². The number of aromatic amines is 2. The molecule has 0 spiro atoms. The van der Waals surface area contributed by atoms with Crippen LogP contribution in [-0.4, -0.2) is 20.2 Å². The van der Waals surface area contributed by atoms with E-state index in [-0.39, 0.29) is 0 Å². The molecule has 0 atom stereocenters. The lowest BCUT2D eigenvalue weighted by atomic mass is 10.1. The van der Waals surface area contributed by atoms with Gasteiger partial charge in [0.05, 0.1) is 23.1 Å². The van der Waals surface area contributed by atoms with Gasteiger partial charge in [0.1, 0.15) is 5.82 Å². The van der Waals surface area contributed by atoms with Gasteiger partial charge in [0.15, 0.2) is 0 Å². The summed E-state index contributed by atoms with van der Waals surface area (Å²) in [7, 11) is 0. The molecule has 74 valence electrons. The Labute approximate surface area is 85.3 Å². The number of H-pyrrole nitrogens is 2. The molecule has 0 fully saturated rings. The summed E-state index contributed by atoms with van der Waals surface area (Å²) in [5, 5.41) is 6.76. The van der Waals surface area contributed by atoms with Gasteiger partial charge in [0.2, 0.25) is 0 Å². The number of nitrogens with zero attached hydrogens (tertiary/aromatic N) is 2.